The van der Waals surface area contributed by atoms with Gasteiger partial charge in [-0.3, -0.25) is 4.79 Å². The number of nitrogens with zero attached hydrogens (tertiary/aromatic N) is 2. The topological polar surface area (TPSA) is 145 Å². The molecule has 5 N–H and O–H groups in total. The summed E-state index contributed by atoms with van der Waals surface area (Å²) >= 11 is 0. The number of nitriles is 1. The first-order valence-electron chi connectivity index (χ1n) is 11.9. The number of imidazole rings is 1. The molecule has 1 fully saturated rings. The number of amides is 1. The smallest absolute Gasteiger partial charge is 0.337 e. The Balaban J connectivity index is 1.58. The number of hydrogen-bond donors (Lipinski definition) is 4. The minimum absolute atomic E-state index is 0.0193. The minimum atomic E-state index is -1.17. The van der Waals surface area contributed by atoms with Gasteiger partial charge in [-0.1, -0.05) is 36.4 Å². The monoisotopic (exact) mass is 471 g/mol. The molecule has 1 aliphatic rings. The van der Waals surface area contributed by atoms with Crippen molar-refractivity contribution in [1.82, 2.24) is 15.3 Å². The number of nitrogens with two attached hydrogens (primary N) is 1. The van der Waals surface area contributed by atoms with E-state index in [0.29, 0.717) is 36.0 Å². The summed E-state index contributed by atoms with van der Waals surface area (Å²) in [6, 6.07) is 16.0. The molecule has 2 aromatic carbocycles. The number of carbonyl (C=O) groups is 2. The molecular weight excluding hydrogens is 442 g/mol. The van der Waals surface area contributed by atoms with E-state index in [-0.39, 0.29) is 29.0 Å². The van der Waals surface area contributed by atoms with E-state index >= 15 is 0 Å². The molecule has 1 amide bonds. The van der Waals surface area contributed by atoms with Crippen LogP contribution in [0.2, 0.25) is 0 Å². The van der Waals surface area contributed by atoms with Gasteiger partial charge in [-0.25, -0.2) is 9.78 Å². The summed E-state index contributed by atoms with van der Waals surface area (Å²) in [5.74, 6) is -0.102. The zero-order chi connectivity index (χ0) is 24.8. The highest BCUT2D eigenvalue weighted by atomic mass is 16.4. The molecule has 0 saturated heterocycles. The Morgan fingerprint density at radius 2 is 1.91 bits per heavy atom. The Kier molecular flexibility index (Phi) is 7.58. The van der Waals surface area contributed by atoms with Crippen molar-refractivity contribution in [3.05, 3.63) is 77.2 Å². The maximum atomic E-state index is 13.2. The van der Waals surface area contributed by atoms with Crippen molar-refractivity contribution >= 4 is 11.9 Å². The van der Waals surface area contributed by atoms with Crippen LogP contribution in [0.25, 0.3) is 11.3 Å². The lowest BCUT2D eigenvalue weighted by Gasteiger charge is -2.28. The molecular formula is C27H29N5O3. The summed E-state index contributed by atoms with van der Waals surface area (Å²) in [6.07, 6.45) is 5.85. The highest BCUT2D eigenvalue weighted by Gasteiger charge is 2.28. The Morgan fingerprint density at radius 1 is 1.17 bits per heavy atom. The molecule has 1 heterocycles. The van der Waals surface area contributed by atoms with E-state index in [1.54, 1.807) is 12.3 Å². The van der Waals surface area contributed by atoms with Crippen LogP contribution in [0.3, 0.4) is 0 Å². The first-order valence-corrected chi connectivity index (χ1v) is 11.9. The zero-order valence-electron chi connectivity index (χ0n) is 19.4. The number of aromatic nitrogens is 2. The number of aromatic amines is 1. The third-order valence-electron chi connectivity index (χ3n) is 6.74. The molecule has 0 unspecified atom stereocenters. The highest BCUT2D eigenvalue weighted by Crippen LogP contribution is 2.29. The Labute approximate surface area is 204 Å². The van der Waals surface area contributed by atoms with Crippen LogP contribution in [0, 0.1) is 23.2 Å². The Hall–Kier alpha value is -3.96. The Morgan fingerprint density at radius 3 is 2.57 bits per heavy atom. The molecule has 3 aromatic rings. The number of carboxylic acids is 1. The summed E-state index contributed by atoms with van der Waals surface area (Å²) in [5, 5.41) is 21.8. The zero-order valence-corrected chi connectivity index (χ0v) is 19.4. The van der Waals surface area contributed by atoms with Gasteiger partial charge in [0.2, 0.25) is 5.91 Å². The van der Waals surface area contributed by atoms with Crippen LogP contribution < -0.4 is 11.1 Å². The average Bonchev–Trinajstić information content (AvgIpc) is 3.39. The molecule has 0 aliphatic heterocycles. The molecule has 0 radical (unpaired) electrons. The molecule has 1 aliphatic carbocycles. The standard InChI is InChI=1S/C27H29N5O3/c28-14-18-6-8-19(9-7-18)26(33)32-23(12-17-4-2-1-3-5-17)25-30-16-24(31-25)20-10-11-21(15-29)22(13-20)27(34)35/h1-5,10-11,13,16,18-19,23H,6-9,12,14,28H2,(H,30,31)(H,32,33)(H,34,35)/t18-,19-,23-/m0/s1. The van der Waals surface area contributed by atoms with Gasteiger partial charge >= 0.3 is 5.97 Å². The molecule has 8 nitrogen and oxygen atoms in total. The lowest BCUT2D eigenvalue weighted by atomic mass is 9.81. The first-order chi connectivity index (χ1) is 17.0. The molecule has 4 rings (SSSR count). The van der Waals surface area contributed by atoms with Gasteiger partial charge in [-0.15, -0.1) is 0 Å². The van der Waals surface area contributed by atoms with Crippen LogP contribution in [0.5, 0.6) is 0 Å². The van der Waals surface area contributed by atoms with Crippen LogP contribution in [0.1, 0.15) is 59.0 Å². The third kappa shape index (κ3) is 5.76. The Bertz CT molecular complexity index is 1220. The van der Waals surface area contributed by atoms with Crippen molar-refractivity contribution in [2.75, 3.05) is 6.54 Å². The van der Waals surface area contributed by atoms with E-state index in [0.717, 1.165) is 31.2 Å². The van der Waals surface area contributed by atoms with Crippen LogP contribution in [0.15, 0.2) is 54.7 Å². The molecule has 35 heavy (non-hydrogen) atoms. The fraction of sp³-hybridized carbons (Fsp3) is 0.333. The quantitative estimate of drug-likeness (QED) is 0.393. The van der Waals surface area contributed by atoms with Gasteiger partial charge in [-0.2, -0.15) is 5.26 Å². The second kappa shape index (κ2) is 11.0. The molecule has 0 bridgehead atoms. The summed E-state index contributed by atoms with van der Waals surface area (Å²) in [6.45, 7) is 0.666. The van der Waals surface area contributed by atoms with Crippen molar-refractivity contribution in [1.29, 1.82) is 5.26 Å². The van der Waals surface area contributed by atoms with Gasteiger partial charge in [0, 0.05) is 17.7 Å². The first kappa shape index (κ1) is 24.2. The van der Waals surface area contributed by atoms with Crippen LogP contribution in [0.4, 0.5) is 0 Å². The number of hydrogen-bond acceptors (Lipinski definition) is 5. The molecule has 8 heteroatoms. The van der Waals surface area contributed by atoms with E-state index < -0.39 is 5.97 Å². The predicted molar refractivity (Wildman–Crippen MR) is 131 cm³/mol. The number of carboxylic acid groups (broad SMARTS) is 1. The summed E-state index contributed by atoms with van der Waals surface area (Å²) < 4.78 is 0. The van der Waals surface area contributed by atoms with Gasteiger partial charge in [-0.05, 0) is 62.3 Å². The molecule has 1 saturated carbocycles. The number of carbonyl (C=O) groups excluding carboxylic acids is 1. The second-order valence-corrected chi connectivity index (χ2v) is 9.05. The minimum Gasteiger partial charge on any atom is -0.478 e. The predicted octanol–water partition coefficient (Wildman–Crippen LogP) is 3.81. The fourth-order valence-corrected chi connectivity index (χ4v) is 4.66. The maximum absolute atomic E-state index is 13.2. The van der Waals surface area contributed by atoms with E-state index in [9.17, 15) is 20.0 Å². The van der Waals surface area contributed by atoms with Gasteiger partial charge < -0.3 is 21.1 Å². The van der Waals surface area contributed by atoms with E-state index in [1.807, 2.05) is 36.4 Å². The summed E-state index contributed by atoms with van der Waals surface area (Å²) in [5.41, 5.74) is 8.00. The van der Waals surface area contributed by atoms with Crippen LogP contribution in [-0.4, -0.2) is 33.5 Å². The lowest BCUT2D eigenvalue weighted by molar-refractivity contribution is -0.127. The number of H-pyrrole nitrogens is 1. The fourth-order valence-electron chi connectivity index (χ4n) is 4.66. The van der Waals surface area contributed by atoms with Crippen molar-refractivity contribution < 1.29 is 14.7 Å². The van der Waals surface area contributed by atoms with Gasteiger partial charge in [0.15, 0.2) is 0 Å². The molecule has 0 spiro atoms. The maximum Gasteiger partial charge on any atom is 0.337 e. The van der Waals surface area contributed by atoms with E-state index in [4.69, 9.17) is 10.7 Å². The van der Waals surface area contributed by atoms with E-state index in [1.165, 1.54) is 12.1 Å². The number of aromatic carboxylic acids is 1. The van der Waals surface area contributed by atoms with Gasteiger partial charge in [0.05, 0.1) is 22.9 Å². The normalized spacial score (nSPS) is 18.4. The van der Waals surface area contributed by atoms with Crippen molar-refractivity contribution in [2.24, 2.45) is 17.6 Å². The van der Waals surface area contributed by atoms with Gasteiger partial charge in [0.1, 0.15) is 11.9 Å². The average molecular weight is 472 g/mol. The third-order valence-corrected chi connectivity index (χ3v) is 6.74. The van der Waals surface area contributed by atoms with Crippen molar-refractivity contribution in [3.8, 4) is 17.3 Å². The van der Waals surface area contributed by atoms with Crippen LogP contribution >= 0.6 is 0 Å². The van der Waals surface area contributed by atoms with Gasteiger partial charge in [0.25, 0.3) is 0 Å². The van der Waals surface area contributed by atoms with Crippen molar-refractivity contribution in [2.45, 2.75) is 38.1 Å². The summed E-state index contributed by atoms with van der Waals surface area (Å²) in [7, 11) is 0. The number of nitrogens with one attached hydrogen (secondary N) is 2. The molecule has 1 aromatic heterocycles. The number of benzene rings is 2. The SMILES string of the molecule is N#Cc1ccc(-c2c[nH]c([C@H](Cc3ccccc3)NC(=O)[C@H]3CC[C@H](CN)CC3)n2)cc1C(=O)O. The van der Waals surface area contributed by atoms with Crippen LogP contribution in [-0.2, 0) is 11.2 Å². The van der Waals surface area contributed by atoms with E-state index in [2.05, 4.69) is 10.3 Å². The summed E-state index contributed by atoms with van der Waals surface area (Å²) in [4.78, 5) is 32.6. The lowest BCUT2D eigenvalue weighted by Crippen LogP contribution is -2.37. The highest BCUT2D eigenvalue weighted by molar-refractivity contribution is 5.92. The molecule has 180 valence electrons. The number of rotatable bonds is 8. The largest absolute Gasteiger partial charge is 0.478 e. The second-order valence-electron chi connectivity index (χ2n) is 9.05. The van der Waals surface area contributed by atoms with Crippen molar-refractivity contribution in [3.63, 3.8) is 0 Å². The molecule has 1 atom stereocenters.